The van der Waals surface area contributed by atoms with Gasteiger partial charge in [0.15, 0.2) is 17.6 Å². The molecule has 148 valence electrons. The summed E-state index contributed by atoms with van der Waals surface area (Å²) in [4.78, 5) is 22.9. The third kappa shape index (κ3) is 6.01. The van der Waals surface area contributed by atoms with Crippen LogP contribution in [0.15, 0.2) is 47.6 Å². The average Bonchev–Trinajstić information content (AvgIpc) is 2.69. The Hall–Kier alpha value is -3.55. The molecule has 0 aliphatic carbocycles. The highest BCUT2D eigenvalue weighted by atomic mass is 16.5. The fraction of sp³-hybridized carbons (Fsp3) is 0.250. The van der Waals surface area contributed by atoms with Gasteiger partial charge in [0, 0.05) is 0 Å². The molecule has 2 rings (SSSR count). The molecule has 0 spiro atoms. The summed E-state index contributed by atoms with van der Waals surface area (Å²) < 4.78 is 15.6. The van der Waals surface area contributed by atoms with Gasteiger partial charge in [0.05, 0.1) is 26.9 Å². The second kappa shape index (κ2) is 9.96. The summed E-state index contributed by atoms with van der Waals surface area (Å²) >= 11 is 0. The Morgan fingerprint density at radius 2 is 1.82 bits per heavy atom. The number of carboxylic acid groups (broad SMARTS) is 1. The van der Waals surface area contributed by atoms with E-state index in [1.807, 2.05) is 12.1 Å². The quantitative estimate of drug-likeness (QED) is 0.506. The summed E-state index contributed by atoms with van der Waals surface area (Å²) in [5, 5.41) is 12.9. The van der Waals surface area contributed by atoms with Gasteiger partial charge in [-0.1, -0.05) is 12.1 Å². The van der Waals surface area contributed by atoms with E-state index in [1.54, 1.807) is 37.4 Å². The molecule has 2 aromatic carbocycles. The number of amides is 1. The fourth-order valence-electron chi connectivity index (χ4n) is 2.25. The van der Waals surface area contributed by atoms with Crippen LogP contribution in [0.2, 0.25) is 0 Å². The standard InChI is InChI=1S/C20H22N2O6/c1-13(20(24)25)28-17-9-6-15(10-18(17)27-3)12-21-22-19(23)11-14-4-7-16(26-2)8-5-14/h4-10,12-13H,11H2,1-3H3,(H,22,23)(H,24,25)/b21-12+/t13-/m0/s1. The molecule has 8 nitrogen and oxygen atoms in total. The Morgan fingerprint density at radius 1 is 1.11 bits per heavy atom. The SMILES string of the molecule is COc1ccc(CC(=O)N/N=C/c2ccc(O[C@@H](C)C(=O)O)c(OC)c2)cc1. The zero-order chi connectivity index (χ0) is 20.5. The van der Waals surface area contributed by atoms with E-state index in [0.717, 1.165) is 11.3 Å². The molecule has 0 aliphatic heterocycles. The Balaban J connectivity index is 1.95. The van der Waals surface area contributed by atoms with Crippen LogP contribution in [-0.2, 0) is 16.0 Å². The van der Waals surface area contributed by atoms with E-state index in [9.17, 15) is 9.59 Å². The minimum atomic E-state index is -1.08. The molecule has 0 heterocycles. The number of benzene rings is 2. The van der Waals surface area contributed by atoms with Gasteiger partial charge in [-0.2, -0.15) is 5.10 Å². The maximum atomic E-state index is 12.0. The molecule has 0 radical (unpaired) electrons. The van der Waals surface area contributed by atoms with Gasteiger partial charge >= 0.3 is 5.97 Å². The number of methoxy groups -OCH3 is 2. The normalized spacial score (nSPS) is 11.7. The Bertz CT molecular complexity index is 848. The molecule has 2 N–H and O–H groups in total. The molecule has 0 unspecified atom stereocenters. The third-order valence-electron chi connectivity index (χ3n) is 3.77. The summed E-state index contributed by atoms with van der Waals surface area (Å²) in [5.41, 5.74) is 3.94. The predicted octanol–water partition coefficient (Wildman–Crippen LogP) is 2.25. The van der Waals surface area contributed by atoms with Crippen molar-refractivity contribution in [2.24, 2.45) is 5.10 Å². The lowest BCUT2D eigenvalue weighted by atomic mass is 10.1. The summed E-state index contributed by atoms with van der Waals surface area (Å²) in [5.74, 6) is 0.0527. The van der Waals surface area contributed by atoms with Crippen molar-refractivity contribution in [1.29, 1.82) is 0 Å². The second-order valence-corrected chi connectivity index (χ2v) is 5.83. The van der Waals surface area contributed by atoms with Crippen molar-refractivity contribution in [3.8, 4) is 17.2 Å². The number of hydrogen-bond donors (Lipinski definition) is 2. The van der Waals surface area contributed by atoms with E-state index in [2.05, 4.69) is 10.5 Å². The summed E-state index contributed by atoms with van der Waals surface area (Å²) in [7, 11) is 3.03. The van der Waals surface area contributed by atoms with Crippen molar-refractivity contribution in [3.63, 3.8) is 0 Å². The van der Waals surface area contributed by atoms with Crippen molar-refractivity contribution in [3.05, 3.63) is 53.6 Å². The highest BCUT2D eigenvalue weighted by molar-refractivity contribution is 5.84. The molecule has 2 aromatic rings. The topological polar surface area (TPSA) is 106 Å². The number of ether oxygens (including phenoxy) is 3. The minimum absolute atomic E-state index is 0.185. The molecular formula is C20H22N2O6. The van der Waals surface area contributed by atoms with E-state index in [0.29, 0.717) is 17.1 Å². The van der Waals surface area contributed by atoms with Crippen LogP contribution in [0.4, 0.5) is 0 Å². The number of rotatable bonds is 9. The number of carbonyl (C=O) groups excluding carboxylic acids is 1. The molecule has 28 heavy (non-hydrogen) atoms. The lowest BCUT2D eigenvalue weighted by molar-refractivity contribution is -0.144. The first-order chi connectivity index (χ1) is 13.4. The Labute approximate surface area is 162 Å². The first-order valence-electron chi connectivity index (χ1n) is 8.45. The van der Waals surface area contributed by atoms with E-state index in [-0.39, 0.29) is 12.3 Å². The largest absolute Gasteiger partial charge is 0.497 e. The highest BCUT2D eigenvalue weighted by Gasteiger charge is 2.15. The predicted molar refractivity (Wildman–Crippen MR) is 103 cm³/mol. The van der Waals surface area contributed by atoms with Crippen LogP contribution in [0.25, 0.3) is 0 Å². The van der Waals surface area contributed by atoms with Gasteiger partial charge < -0.3 is 19.3 Å². The van der Waals surface area contributed by atoms with Crippen molar-refractivity contribution in [1.82, 2.24) is 5.43 Å². The second-order valence-electron chi connectivity index (χ2n) is 5.83. The van der Waals surface area contributed by atoms with Crippen LogP contribution in [0.5, 0.6) is 17.2 Å². The number of hydrogen-bond acceptors (Lipinski definition) is 6. The summed E-state index contributed by atoms with van der Waals surface area (Å²) in [6, 6.07) is 12.1. The molecule has 0 saturated heterocycles. The van der Waals surface area contributed by atoms with Crippen LogP contribution in [-0.4, -0.2) is 43.5 Å². The third-order valence-corrected chi connectivity index (χ3v) is 3.77. The average molecular weight is 386 g/mol. The fourth-order valence-corrected chi connectivity index (χ4v) is 2.25. The van der Waals surface area contributed by atoms with Crippen LogP contribution >= 0.6 is 0 Å². The lowest BCUT2D eigenvalue weighted by Gasteiger charge is -2.14. The molecular weight excluding hydrogens is 364 g/mol. The van der Waals surface area contributed by atoms with Crippen LogP contribution in [0.3, 0.4) is 0 Å². The van der Waals surface area contributed by atoms with Gasteiger partial charge in [0.2, 0.25) is 5.91 Å². The minimum Gasteiger partial charge on any atom is -0.497 e. The molecule has 0 fully saturated rings. The monoisotopic (exact) mass is 386 g/mol. The number of hydrazone groups is 1. The van der Waals surface area contributed by atoms with Gasteiger partial charge in [-0.15, -0.1) is 0 Å². The summed E-state index contributed by atoms with van der Waals surface area (Å²) in [6.07, 6.45) is 0.634. The maximum Gasteiger partial charge on any atom is 0.344 e. The number of carboxylic acids is 1. The highest BCUT2D eigenvalue weighted by Crippen LogP contribution is 2.28. The van der Waals surface area contributed by atoms with Gasteiger partial charge in [-0.25, -0.2) is 10.2 Å². The van der Waals surface area contributed by atoms with Crippen molar-refractivity contribution in [2.45, 2.75) is 19.4 Å². The van der Waals surface area contributed by atoms with Crippen molar-refractivity contribution < 1.29 is 28.9 Å². The number of nitrogens with one attached hydrogen (secondary N) is 1. The number of nitrogens with zero attached hydrogens (tertiary/aromatic N) is 1. The van der Waals surface area contributed by atoms with Crippen LogP contribution in [0, 0.1) is 0 Å². The Kier molecular flexibility index (Phi) is 7.38. The van der Waals surface area contributed by atoms with Gasteiger partial charge in [0.25, 0.3) is 0 Å². The molecule has 0 aromatic heterocycles. The van der Waals surface area contributed by atoms with Gasteiger partial charge in [-0.05, 0) is 48.4 Å². The van der Waals surface area contributed by atoms with E-state index in [4.69, 9.17) is 19.3 Å². The van der Waals surface area contributed by atoms with E-state index >= 15 is 0 Å². The van der Waals surface area contributed by atoms with E-state index < -0.39 is 12.1 Å². The first-order valence-corrected chi connectivity index (χ1v) is 8.45. The van der Waals surface area contributed by atoms with Crippen LogP contribution in [0.1, 0.15) is 18.1 Å². The van der Waals surface area contributed by atoms with Crippen LogP contribution < -0.4 is 19.6 Å². The molecule has 0 saturated carbocycles. The first kappa shape index (κ1) is 20.8. The number of aliphatic carboxylic acids is 1. The maximum absolute atomic E-state index is 12.0. The van der Waals surface area contributed by atoms with Gasteiger partial charge in [0.1, 0.15) is 5.75 Å². The summed E-state index contributed by atoms with van der Waals surface area (Å²) in [6.45, 7) is 1.43. The molecule has 0 bridgehead atoms. The van der Waals surface area contributed by atoms with E-state index in [1.165, 1.54) is 20.2 Å². The molecule has 1 atom stereocenters. The molecule has 1 amide bonds. The van der Waals surface area contributed by atoms with Gasteiger partial charge in [-0.3, -0.25) is 4.79 Å². The zero-order valence-electron chi connectivity index (χ0n) is 15.8. The molecule has 8 heteroatoms. The lowest BCUT2D eigenvalue weighted by Crippen LogP contribution is -2.23. The van der Waals surface area contributed by atoms with Crippen molar-refractivity contribution >= 4 is 18.1 Å². The number of carbonyl (C=O) groups is 2. The molecule has 0 aliphatic rings. The smallest absolute Gasteiger partial charge is 0.344 e. The Morgan fingerprint density at radius 3 is 2.43 bits per heavy atom. The van der Waals surface area contributed by atoms with Crippen molar-refractivity contribution in [2.75, 3.05) is 14.2 Å². The zero-order valence-corrected chi connectivity index (χ0v) is 15.8.